The van der Waals surface area contributed by atoms with Gasteiger partial charge in [-0.1, -0.05) is 0 Å². The summed E-state index contributed by atoms with van der Waals surface area (Å²) in [7, 11) is 2.09. The van der Waals surface area contributed by atoms with Crippen molar-refractivity contribution in [3.63, 3.8) is 0 Å². The van der Waals surface area contributed by atoms with Crippen molar-refractivity contribution in [1.29, 1.82) is 0 Å². The van der Waals surface area contributed by atoms with Gasteiger partial charge in [0.25, 0.3) is 0 Å². The Balaban J connectivity index is 2.93. The van der Waals surface area contributed by atoms with E-state index in [2.05, 4.69) is 9.98 Å². The predicted molar refractivity (Wildman–Crippen MR) is 24.4 cm³/mol. The highest BCUT2D eigenvalue weighted by atomic mass is 17.4. The largest absolute Gasteiger partial charge is 0.760 e. The van der Waals surface area contributed by atoms with Crippen LogP contribution in [0.5, 0.6) is 0 Å². The Hall–Kier alpha value is -0.240. The third-order valence-electron chi connectivity index (χ3n) is 0.243. The highest BCUT2D eigenvalue weighted by Crippen LogP contribution is 1.84. The Morgan fingerprint density at radius 3 is 1.38 bits per heavy atom. The molecule has 8 heavy (non-hydrogen) atoms. The minimum Gasteiger partial charge on any atom is -0.760 e. The summed E-state index contributed by atoms with van der Waals surface area (Å²) in [5.74, 6) is 0. The lowest BCUT2D eigenvalue weighted by Crippen LogP contribution is -2.18. The molecule has 6 heteroatoms. The van der Waals surface area contributed by atoms with Gasteiger partial charge in [-0.05, 0) is 0 Å². The van der Waals surface area contributed by atoms with Gasteiger partial charge in [0.15, 0.2) is 0 Å². The second kappa shape index (κ2) is 3.72. The molecule has 50 valence electrons. The molecule has 6 nitrogen and oxygen atoms in total. The number of hydrogen-bond donors (Lipinski definition) is 0. The Morgan fingerprint density at radius 2 is 1.25 bits per heavy atom. The van der Waals surface area contributed by atoms with Crippen LogP contribution >= 0.6 is 0 Å². The average molecular weight is 122 g/mol. The van der Waals surface area contributed by atoms with E-state index in [4.69, 9.17) is 0 Å². The molecule has 0 atom stereocenters. The van der Waals surface area contributed by atoms with Gasteiger partial charge in [0.05, 0.1) is 0 Å². The summed E-state index contributed by atoms with van der Waals surface area (Å²) >= 11 is 0. The number of rotatable bonds is 3. The van der Waals surface area contributed by atoms with Crippen molar-refractivity contribution in [1.82, 2.24) is 10.5 Å². The fraction of sp³-hybridized carbons (Fsp3) is 1.00. The lowest BCUT2D eigenvalue weighted by molar-refractivity contribution is -0.484. The highest BCUT2D eigenvalue weighted by Gasteiger charge is 1.80. The van der Waals surface area contributed by atoms with Crippen LogP contribution in [0.2, 0.25) is 0 Å². The van der Waals surface area contributed by atoms with Gasteiger partial charge in [-0.3, -0.25) is 0 Å². The third-order valence-corrected chi connectivity index (χ3v) is 0.243. The molecule has 0 aromatic heterocycles. The first-order valence-corrected chi connectivity index (χ1v) is 1.79. The molecule has 0 fully saturated rings. The van der Waals surface area contributed by atoms with E-state index in [0.29, 0.717) is 0 Å². The van der Waals surface area contributed by atoms with Gasteiger partial charge < -0.3 is 10.4 Å². The molecule has 0 N–H and O–H groups in total. The molecular weight excluding hydrogens is 116 g/mol. The van der Waals surface area contributed by atoms with Crippen LogP contribution in [0.15, 0.2) is 0 Å². The van der Waals surface area contributed by atoms with Gasteiger partial charge >= 0.3 is 0 Å². The first-order chi connectivity index (χ1) is 3.63. The predicted octanol–water partition coefficient (Wildman–Crippen LogP) is -0.376. The van der Waals surface area contributed by atoms with Gasteiger partial charge in [0.1, 0.15) is 0 Å². The number of nitrogens with zero attached hydrogens (tertiary/aromatic N) is 2. The van der Waals surface area contributed by atoms with Crippen LogP contribution in [0, 0.1) is 10.4 Å². The van der Waals surface area contributed by atoms with Gasteiger partial charge in [-0.15, -0.1) is 9.98 Å². The maximum atomic E-state index is 9.75. The molecule has 0 spiro atoms. The standard InChI is InChI=1S/C2H6N2O4/c1-3(5)7-8-4(2)6/h1-2H3/q-2. The Bertz CT molecular complexity index is 48.0. The second-order valence-electron chi connectivity index (χ2n) is 1.03. The Morgan fingerprint density at radius 1 is 1.00 bits per heavy atom. The molecule has 0 aliphatic rings. The van der Waals surface area contributed by atoms with E-state index in [1.807, 2.05) is 0 Å². The second-order valence-corrected chi connectivity index (χ2v) is 1.03. The summed E-state index contributed by atoms with van der Waals surface area (Å²) in [6.07, 6.45) is 0. The molecular formula is C2H6N2O4-2. The van der Waals surface area contributed by atoms with Crippen molar-refractivity contribution in [2.45, 2.75) is 0 Å². The lowest BCUT2D eigenvalue weighted by atomic mass is 11.5. The van der Waals surface area contributed by atoms with E-state index in [-0.39, 0.29) is 10.5 Å². The molecule has 0 aliphatic heterocycles. The van der Waals surface area contributed by atoms with Crippen LogP contribution in [-0.2, 0) is 9.98 Å². The van der Waals surface area contributed by atoms with E-state index in [0.717, 1.165) is 14.1 Å². The van der Waals surface area contributed by atoms with Crippen LogP contribution in [0.3, 0.4) is 0 Å². The highest BCUT2D eigenvalue weighted by molar-refractivity contribution is 4.21. The lowest BCUT2D eigenvalue weighted by Gasteiger charge is -2.25. The van der Waals surface area contributed by atoms with E-state index >= 15 is 0 Å². The van der Waals surface area contributed by atoms with Crippen molar-refractivity contribution in [3.8, 4) is 0 Å². The van der Waals surface area contributed by atoms with E-state index in [1.165, 1.54) is 0 Å². The van der Waals surface area contributed by atoms with Gasteiger partial charge in [0, 0.05) is 14.1 Å². The molecule has 0 bridgehead atoms. The third kappa shape index (κ3) is 5.76. The minimum atomic E-state index is 0.00833. The van der Waals surface area contributed by atoms with Crippen LogP contribution in [0.1, 0.15) is 0 Å². The fourth-order valence-electron chi connectivity index (χ4n) is 0.0939. The number of hydrogen-bond acceptors (Lipinski definition) is 6. The maximum Gasteiger partial charge on any atom is 0.00223 e. The zero-order chi connectivity index (χ0) is 6.57. The quantitative estimate of drug-likeness (QED) is 0.375. The molecule has 0 radical (unpaired) electrons. The summed E-state index contributed by atoms with van der Waals surface area (Å²) in [6, 6.07) is 0. The normalized spacial score (nSPS) is 11.2. The number of hydroxylamine groups is 4. The van der Waals surface area contributed by atoms with Crippen LogP contribution in [0.4, 0.5) is 0 Å². The molecule has 0 heterocycles. The zero-order valence-corrected chi connectivity index (χ0v) is 4.53. The van der Waals surface area contributed by atoms with Crippen molar-refractivity contribution < 1.29 is 9.98 Å². The summed E-state index contributed by atoms with van der Waals surface area (Å²) in [5, 5.41) is 19.5. The van der Waals surface area contributed by atoms with E-state index in [9.17, 15) is 10.4 Å². The smallest absolute Gasteiger partial charge is 0.00223 e. The van der Waals surface area contributed by atoms with Gasteiger partial charge in [0.2, 0.25) is 0 Å². The molecule has 0 saturated carbocycles. The summed E-state index contributed by atoms with van der Waals surface area (Å²) in [5.41, 5.74) is 0. The molecule has 0 amide bonds. The minimum absolute atomic E-state index is 0.00833. The fourth-order valence-corrected chi connectivity index (χ4v) is 0.0939. The summed E-state index contributed by atoms with van der Waals surface area (Å²) in [6.45, 7) is 0. The molecule has 0 rings (SSSR count). The molecule has 0 aromatic carbocycles. The Labute approximate surface area is 46.2 Å². The average Bonchev–Trinajstić information content (AvgIpc) is 1.61. The van der Waals surface area contributed by atoms with Gasteiger partial charge in [-0.25, -0.2) is 10.5 Å². The van der Waals surface area contributed by atoms with Crippen molar-refractivity contribution in [3.05, 3.63) is 10.4 Å². The molecule has 0 aliphatic carbocycles. The van der Waals surface area contributed by atoms with Crippen molar-refractivity contribution in [2.75, 3.05) is 14.1 Å². The SMILES string of the molecule is CN([O-])OON(C)[O-]. The van der Waals surface area contributed by atoms with Crippen LogP contribution in [-0.4, -0.2) is 24.5 Å². The zero-order valence-electron chi connectivity index (χ0n) is 4.53. The first kappa shape index (κ1) is 7.76. The topological polar surface area (TPSA) is 71.1 Å². The monoisotopic (exact) mass is 122 g/mol. The summed E-state index contributed by atoms with van der Waals surface area (Å²) in [4.78, 5) is 7.39. The molecule has 0 saturated heterocycles. The summed E-state index contributed by atoms with van der Waals surface area (Å²) < 4.78 is 0. The van der Waals surface area contributed by atoms with E-state index < -0.39 is 0 Å². The van der Waals surface area contributed by atoms with Crippen molar-refractivity contribution in [2.24, 2.45) is 0 Å². The van der Waals surface area contributed by atoms with Crippen LogP contribution < -0.4 is 0 Å². The first-order valence-electron chi connectivity index (χ1n) is 1.79. The maximum absolute atomic E-state index is 9.75. The molecule has 0 aromatic rings. The molecule has 0 unspecified atom stereocenters. The van der Waals surface area contributed by atoms with Crippen LogP contribution in [0.25, 0.3) is 0 Å². The van der Waals surface area contributed by atoms with E-state index in [1.54, 1.807) is 0 Å². The van der Waals surface area contributed by atoms with Crippen molar-refractivity contribution >= 4 is 0 Å². The Kier molecular flexibility index (Phi) is 3.61. The van der Waals surface area contributed by atoms with Gasteiger partial charge in [-0.2, -0.15) is 0 Å².